The summed E-state index contributed by atoms with van der Waals surface area (Å²) in [5.41, 5.74) is 1.42. The van der Waals surface area contributed by atoms with Gasteiger partial charge in [0.05, 0.1) is 18.1 Å². The van der Waals surface area contributed by atoms with Crippen molar-refractivity contribution in [2.75, 3.05) is 6.61 Å². The largest absolute Gasteiger partial charge is 0.494 e. The molecule has 0 bridgehead atoms. The fourth-order valence-corrected chi connectivity index (χ4v) is 7.68. The number of benzene rings is 1. The topological polar surface area (TPSA) is 33.0 Å². The van der Waals surface area contributed by atoms with Gasteiger partial charge >= 0.3 is 0 Å². The Morgan fingerprint density at radius 3 is 1.92 bits per heavy atom. The van der Waals surface area contributed by atoms with Crippen LogP contribution in [0.5, 0.6) is 5.75 Å². The molecule has 2 heteroatoms. The molecule has 0 saturated heterocycles. The monoisotopic (exact) mass is 535 g/mol. The van der Waals surface area contributed by atoms with Crippen LogP contribution in [0.25, 0.3) is 0 Å². The van der Waals surface area contributed by atoms with Crippen LogP contribution in [-0.4, -0.2) is 6.61 Å². The van der Waals surface area contributed by atoms with Gasteiger partial charge in [0.1, 0.15) is 5.75 Å². The van der Waals surface area contributed by atoms with Gasteiger partial charge < -0.3 is 4.74 Å². The molecule has 2 aliphatic rings. The van der Waals surface area contributed by atoms with Crippen LogP contribution in [0, 0.1) is 34.5 Å². The van der Waals surface area contributed by atoms with E-state index in [0.29, 0.717) is 11.8 Å². The Hall–Kier alpha value is -1.49. The van der Waals surface area contributed by atoms with E-state index < -0.39 is 0 Å². The number of hydrogen-bond acceptors (Lipinski definition) is 2. The van der Waals surface area contributed by atoms with E-state index in [0.717, 1.165) is 43.5 Å². The summed E-state index contributed by atoms with van der Waals surface area (Å²) >= 11 is 0. The summed E-state index contributed by atoms with van der Waals surface area (Å²) in [6.07, 6.45) is 27.6. The van der Waals surface area contributed by atoms with Gasteiger partial charge in [0.15, 0.2) is 0 Å². The normalized spacial score (nSPS) is 26.2. The number of unbranched alkanes of at least 4 members (excludes halogenated alkanes) is 10. The highest BCUT2D eigenvalue weighted by molar-refractivity contribution is 5.29. The van der Waals surface area contributed by atoms with Crippen molar-refractivity contribution in [1.29, 1.82) is 5.26 Å². The first-order valence-corrected chi connectivity index (χ1v) is 17.3. The molecule has 2 fully saturated rings. The number of rotatable bonds is 18. The molecule has 3 rings (SSSR count). The number of ether oxygens (including phenoxy) is 1. The molecule has 2 aliphatic carbocycles. The molecule has 2 saturated carbocycles. The van der Waals surface area contributed by atoms with Gasteiger partial charge in [-0.1, -0.05) is 110 Å². The molecule has 1 unspecified atom stereocenters. The van der Waals surface area contributed by atoms with E-state index in [1.807, 2.05) is 0 Å². The molecule has 220 valence electrons. The van der Waals surface area contributed by atoms with Crippen LogP contribution < -0.4 is 4.74 Å². The van der Waals surface area contributed by atoms with Gasteiger partial charge in [-0.25, -0.2) is 0 Å². The zero-order chi connectivity index (χ0) is 27.8. The zero-order valence-electron chi connectivity index (χ0n) is 26.0. The number of nitrogens with zero attached hydrogens (tertiary/aromatic N) is 1. The summed E-state index contributed by atoms with van der Waals surface area (Å²) < 4.78 is 6.01. The van der Waals surface area contributed by atoms with E-state index in [2.05, 4.69) is 51.1 Å². The van der Waals surface area contributed by atoms with Crippen LogP contribution in [0.2, 0.25) is 0 Å². The van der Waals surface area contributed by atoms with Crippen molar-refractivity contribution < 1.29 is 4.74 Å². The minimum absolute atomic E-state index is 0.0654. The van der Waals surface area contributed by atoms with Gasteiger partial charge in [0.25, 0.3) is 0 Å². The zero-order valence-corrected chi connectivity index (χ0v) is 26.0. The third-order valence-electron chi connectivity index (χ3n) is 10.7. The number of hydrogen-bond donors (Lipinski definition) is 0. The molecule has 0 amide bonds. The Morgan fingerprint density at radius 2 is 1.33 bits per heavy atom. The van der Waals surface area contributed by atoms with Crippen molar-refractivity contribution in [2.24, 2.45) is 23.2 Å². The lowest BCUT2D eigenvalue weighted by Gasteiger charge is -2.44. The summed E-state index contributed by atoms with van der Waals surface area (Å²) in [5, 5.41) is 10.3. The Morgan fingerprint density at radius 1 is 0.769 bits per heavy atom. The lowest BCUT2D eigenvalue weighted by molar-refractivity contribution is 0.0776. The maximum Gasteiger partial charge on any atom is 0.119 e. The molecule has 0 aromatic heterocycles. The molecule has 0 aliphatic heterocycles. The van der Waals surface area contributed by atoms with E-state index in [1.165, 1.54) is 121 Å². The molecular formula is C37H61NO. The molecule has 39 heavy (non-hydrogen) atoms. The van der Waals surface area contributed by atoms with E-state index in [1.54, 1.807) is 0 Å². The Kier molecular flexibility index (Phi) is 14.8. The molecule has 0 radical (unpaired) electrons. The van der Waals surface area contributed by atoms with Crippen molar-refractivity contribution in [3.8, 4) is 11.8 Å². The SMILES string of the molecule is CCCCCCCCOc1ccc(C2CCC(C(C)C3(C#N)CCC(CCCCCCCC)CC3)CC2)cc1. The van der Waals surface area contributed by atoms with Gasteiger partial charge in [-0.2, -0.15) is 5.26 Å². The van der Waals surface area contributed by atoms with E-state index >= 15 is 0 Å². The molecule has 1 aromatic rings. The quantitative estimate of drug-likeness (QED) is 0.175. The van der Waals surface area contributed by atoms with Crippen LogP contribution in [0.1, 0.15) is 167 Å². The minimum atomic E-state index is -0.0654. The van der Waals surface area contributed by atoms with Gasteiger partial charge in [0, 0.05) is 0 Å². The smallest absolute Gasteiger partial charge is 0.119 e. The van der Waals surface area contributed by atoms with Gasteiger partial charge in [-0.15, -0.1) is 0 Å². The van der Waals surface area contributed by atoms with Crippen LogP contribution in [-0.2, 0) is 0 Å². The molecular weight excluding hydrogens is 474 g/mol. The predicted molar refractivity (Wildman–Crippen MR) is 167 cm³/mol. The summed E-state index contributed by atoms with van der Waals surface area (Å²) in [6, 6.07) is 11.9. The fourth-order valence-electron chi connectivity index (χ4n) is 7.68. The molecule has 0 heterocycles. The summed E-state index contributed by atoms with van der Waals surface area (Å²) in [4.78, 5) is 0. The highest BCUT2D eigenvalue weighted by Gasteiger charge is 2.43. The van der Waals surface area contributed by atoms with E-state index in [9.17, 15) is 5.26 Å². The van der Waals surface area contributed by atoms with Crippen molar-refractivity contribution >= 4 is 0 Å². The van der Waals surface area contributed by atoms with Gasteiger partial charge in [-0.05, 0) is 99.2 Å². The van der Waals surface area contributed by atoms with Crippen molar-refractivity contribution in [1.82, 2.24) is 0 Å². The Balaban J connectivity index is 1.36. The lowest BCUT2D eigenvalue weighted by atomic mass is 9.59. The first kappa shape index (κ1) is 32.0. The molecule has 1 atom stereocenters. The Bertz CT molecular complexity index is 792. The van der Waals surface area contributed by atoms with Crippen molar-refractivity contribution in [3.05, 3.63) is 29.8 Å². The minimum Gasteiger partial charge on any atom is -0.494 e. The second-order valence-electron chi connectivity index (χ2n) is 13.4. The maximum atomic E-state index is 10.3. The van der Waals surface area contributed by atoms with Gasteiger partial charge in [-0.3, -0.25) is 0 Å². The Labute approximate surface area is 242 Å². The molecule has 0 spiro atoms. The summed E-state index contributed by atoms with van der Waals surface area (Å²) in [6.45, 7) is 7.83. The third-order valence-corrected chi connectivity index (χ3v) is 10.7. The van der Waals surface area contributed by atoms with Crippen LogP contribution >= 0.6 is 0 Å². The lowest BCUT2D eigenvalue weighted by Crippen LogP contribution is -2.37. The highest BCUT2D eigenvalue weighted by atomic mass is 16.5. The van der Waals surface area contributed by atoms with Gasteiger partial charge in [0.2, 0.25) is 0 Å². The second-order valence-corrected chi connectivity index (χ2v) is 13.4. The molecule has 1 aromatic carbocycles. The fraction of sp³-hybridized carbons (Fsp3) is 0.811. The average molecular weight is 536 g/mol. The van der Waals surface area contributed by atoms with Crippen molar-refractivity contribution in [2.45, 2.75) is 162 Å². The summed E-state index contributed by atoms with van der Waals surface area (Å²) in [5.74, 6) is 3.83. The highest BCUT2D eigenvalue weighted by Crippen LogP contribution is 2.51. The van der Waals surface area contributed by atoms with E-state index in [-0.39, 0.29) is 5.41 Å². The first-order chi connectivity index (χ1) is 19.1. The average Bonchev–Trinajstić information content (AvgIpc) is 2.99. The third kappa shape index (κ3) is 10.4. The molecule has 0 N–H and O–H groups in total. The molecule has 2 nitrogen and oxygen atoms in total. The second kappa shape index (κ2) is 18.0. The summed E-state index contributed by atoms with van der Waals surface area (Å²) in [7, 11) is 0. The van der Waals surface area contributed by atoms with Crippen molar-refractivity contribution in [3.63, 3.8) is 0 Å². The standard InChI is InChI=1S/C37H61NO/c1-4-6-8-10-12-14-16-32-25-27-37(30-38,28-26-32)31(3)33-17-19-34(20-18-33)35-21-23-36(24-22-35)39-29-15-13-11-9-7-5-2/h21-24,31-34H,4-20,25-29H2,1-3H3. The van der Waals surface area contributed by atoms with Crippen LogP contribution in [0.3, 0.4) is 0 Å². The number of nitriles is 1. The van der Waals surface area contributed by atoms with Crippen LogP contribution in [0.4, 0.5) is 0 Å². The van der Waals surface area contributed by atoms with E-state index in [4.69, 9.17) is 4.74 Å². The first-order valence-electron chi connectivity index (χ1n) is 17.3. The van der Waals surface area contributed by atoms with Crippen LogP contribution in [0.15, 0.2) is 24.3 Å². The predicted octanol–water partition coefficient (Wildman–Crippen LogP) is 11.8. The maximum absolute atomic E-state index is 10.3.